The standard InChI is InChI=1S/C17H15N5O/c1-17(2,12-6-4-3-5-7-12)16-21-20-15(23-16)13-14-19-9-11-22(14)10-8-18-13/h3-11H,1-2H3. The summed E-state index contributed by atoms with van der Waals surface area (Å²) in [7, 11) is 0. The molecule has 114 valence electrons. The van der Waals surface area contributed by atoms with Crippen LogP contribution in [0.15, 0.2) is 59.5 Å². The Morgan fingerprint density at radius 3 is 2.48 bits per heavy atom. The second kappa shape index (κ2) is 5.01. The number of hydrogen-bond donors (Lipinski definition) is 0. The predicted molar refractivity (Wildman–Crippen MR) is 84.8 cm³/mol. The molecule has 0 bridgehead atoms. The van der Waals surface area contributed by atoms with Gasteiger partial charge in [-0.1, -0.05) is 30.3 Å². The molecule has 0 fully saturated rings. The van der Waals surface area contributed by atoms with Gasteiger partial charge < -0.3 is 8.82 Å². The summed E-state index contributed by atoms with van der Waals surface area (Å²) < 4.78 is 7.80. The number of imidazole rings is 1. The molecule has 3 heterocycles. The lowest BCUT2D eigenvalue weighted by atomic mass is 9.85. The van der Waals surface area contributed by atoms with Crippen LogP contribution in [0.4, 0.5) is 0 Å². The van der Waals surface area contributed by atoms with E-state index in [0.717, 1.165) is 5.56 Å². The first-order chi connectivity index (χ1) is 11.2. The smallest absolute Gasteiger partial charge is 0.270 e. The highest BCUT2D eigenvalue weighted by Gasteiger charge is 2.30. The molecule has 6 heteroatoms. The van der Waals surface area contributed by atoms with Gasteiger partial charge in [-0.15, -0.1) is 10.2 Å². The average molecular weight is 305 g/mol. The molecule has 23 heavy (non-hydrogen) atoms. The molecule has 3 aromatic heterocycles. The number of hydrogen-bond acceptors (Lipinski definition) is 5. The Morgan fingerprint density at radius 2 is 1.70 bits per heavy atom. The summed E-state index contributed by atoms with van der Waals surface area (Å²) in [6, 6.07) is 10.1. The van der Waals surface area contributed by atoms with Crippen LogP contribution in [0.1, 0.15) is 25.3 Å². The Bertz CT molecular complexity index is 955. The van der Waals surface area contributed by atoms with Crippen molar-refractivity contribution in [1.82, 2.24) is 24.6 Å². The largest absolute Gasteiger partial charge is 0.418 e. The Hall–Kier alpha value is -3.02. The van der Waals surface area contributed by atoms with Crippen LogP contribution in [-0.4, -0.2) is 24.6 Å². The molecule has 0 saturated heterocycles. The number of fused-ring (bicyclic) bond motifs is 1. The molecule has 0 aliphatic carbocycles. The van der Waals surface area contributed by atoms with Crippen molar-refractivity contribution in [2.45, 2.75) is 19.3 Å². The van der Waals surface area contributed by atoms with Gasteiger partial charge in [-0.25, -0.2) is 9.97 Å². The van der Waals surface area contributed by atoms with Gasteiger partial charge in [-0.05, 0) is 19.4 Å². The maximum Gasteiger partial charge on any atom is 0.270 e. The highest BCUT2D eigenvalue weighted by atomic mass is 16.4. The second-order valence-electron chi connectivity index (χ2n) is 5.84. The molecule has 0 aliphatic rings. The quantitative estimate of drug-likeness (QED) is 0.581. The summed E-state index contributed by atoms with van der Waals surface area (Å²) >= 11 is 0. The van der Waals surface area contributed by atoms with Crippen LogP contribution < -0.4 is 0 Å². The SMILES string of the molecule is CC(C)(c1ccccc1)c1nnc(-c2nccn3ccnc23)o1. The third-order valence-electron chi connectivity index (χ3n) is 3.97. The molecule has 0 radical (unpaired) electrons. The lowest BCUT2D eigenvalue weighted by molar-refractivity contribution is 0.419. The first-order valence-electron chi connectivity index (χ1n) is 7.34. The lowest BCUT2D eigenvalue weighted by Gasteiger charge is -2.20. The topological polar surface area (TPSA) is 69.1 Å². The van der Waals surface area contributed by atoms with Crippen molar-refractivity contribution in [3.63, 3.8) is 0 Å². The van der Waals surface area contributed by atoms with Gasteiger partial charge in [0, 0.05) is 24.8 Å². The Balaban J connectivity index is 1.79. The van der Waals surface area contributed by atoms with Gasteiger partial charge in [-0.2, -0.15) is 0 Å². The fraction of sp³-hybridized carbons (Fsp3) is 0.176. The van der Waals surface area contributed by atoms with Crippen molar-refractivity contribution in [1.29, 1.82) is 0 Å². The molecule has 0 atom stereocenters. The van der Waals surface area contributed by atoms with Gasteiger partial charge in [0.15, 0.2) is 11.3 Å². The molecule has 6 nitrogen and oxygen atoms in total. The lowest BCUT2D eigenvalue weighted by Crippen LogP contribution is -2.19. The van der Waals surface area contributed by atoms with Gasteiger partial charge in [0.1, 0.15) is 0 Å². The van der Waals surface area contributed by atoms with Crippen LogP contribution in [-0.2, 0) is 5.41 Å². The summed E-state index contributed by atoms with van der Waals surface area (Å²) in [5.41, 5.74) is 2.01. The van der Waals surface area contributed by atoms with E-state index in [1.165, 1.54) is 0 Å². The summed E-state index contributed by atoms with van der Waals surface area (Å²) in [5.74, 6) is 0.926. The third kappa shape index (κ3) is 2.19. The molecule has 4 rings (SSSR count). The average Bonchev–Trinajstić information content (AvgIpc) is 3.25. The number of aromatic nitrogens is 5. The van der Waals surface area contributed by atoms with Crippen LogP contribution in [0.3, 0.4) is 0 Å². The van der Waals surface area contributed by atoms with Gasteiger partial charge in [0.2, 0.25) is 5.89 Å². The van der Waals surface area contributed by atoms with Crippen LogP contribution in [0, 0.1) is 0 Å². The highest BCUT2D eigenvalue weighted by molar-refractivity contribution is 5.66. The highest BCUT2D eigenvalue weighted by Crippen LogP contribution is 2.32. The zero-order valence-corrected chi connectivity index (χ0v) is 12.8. The molecule has 0 aliphatic heterocycles. The maximum absolute atomic E-state index is 5.93. The molecule has 1 aromatic carbocycles. The summed E-state index contributed by atoms with van der Waals surface area (Å²) in [6.45, 7) is 4.12. The van der Waals surface area contributed by atoms with Gasteiger partial charge in [-0.3, -0.25) is 0 Å². The normalized spacial score (nSPS) is 11.9. The van der Waals surface area contributed by atoms with E-state index in [1.54, 1.807) is 12.4 Å². The van der Waals surface area contributed by atoms with Crippen LogP contribution in [0.5, 0.6) is 0 Å². The Morgan fingerprint density at radius 1 is 0.957 bits per heavy atom. The van der Waals surface area contributed by atoms with Gasteiger partial charge in [0.25, 0.3) is 5.89 Å². The number of rotatable bonds is 3. The Kier molecular flexibility index (Phi) is 2.97. The minimum absolute atomic E-state index is 0.376. The molecular formula is C17H15N5O. The molecular weight excluding hydrogens is 290 g/mol. The van der Waals surface area contributed by atoms with Crippen molar-refractivity contribution < 1.29 is 4.42 Å². The first-order valence-corrected chi connectivity index (χ1v) is 7.34. The fourth-order valence-corrected chi connectivity index (χ4v) is 2.55. The predicted octanol–water partition coefficient (Wildman–Crippen LogP) is 3.11. The van der Waals surface area contributed by atoms with Crippen molar-refractivity contribution >= 4 is 5.65 Å². The second-order valence-corrected chi connectivity index (χ2v) is 5.84. The maximum atomic E-state index is 5.93. The zero-order chi connectivity index (χ0) is 15.9. The van der Waals surface area contributed by atoms with Crippen molar-refractivity contribution in [2.24, 2.45) is 0 Å². The van der Waals surface area contributed by atoms with E-state index in [9.17, 15) is 0 Å². The monoisotopic (exact) mass is 305 g/mol. The molecule has 0 unspecified atom stereocenters. The van der Waals surface area contributed by atoms with Crippen LogP contribution in [0.2, 0.25) is 0 Å². The van der Waals surface area contributed by atoms with E-state index >= 15 is 0 Å². The van der Waals surface area contributed by atoms with E-state index in [1.807, 2.05) is 35.0 Å². The third-order valence-corrected chi connectivity index (χ3v) is 3.97. The van der Waals surface area contributed by atoms with Crippen LogP contribution in [0.25, 0.3) is 17.2 Å². The zero-order valence-electron chi connectivity index (χ0n) is 12.8. The summed E-state index contributed by atoms with van der Waals surface area (Å²) in [5, 5.41) is 8.41. The fourth-order valence-electron chi connectivity index (χ4n) is 2.55. The molecule has 4 aromatic rings. The van der Waals surface area contributed by atoms with E-state index in [4.69, 9.17) is 4.42 Å². The van der Waals surface area contributed by atoms with E-state index < -0.39 is 0 Å². The van der Waals surface area contributed by atoms with Crippen molar-refractivity contribution in [3.05, 3.63) is 66.6 Å². The number of nitrogens with zero attached hydrogens (tertiary/aromatic N) is 5. The van der Waals surface area contributed by atoms with E-state index in [0.29, 0.717) is 23.1 Å². The first kappa shape index (κ1) is 13.6. The van der Waals surface area contributed by atoms with Gasteiger partial charge in [0.05, 0.1) is 5.41 Å². The van der Waals surface area contributed by atoms with E-state index in [2.05, 4.69) is 46.1 Å². The minimum Gasteiger partial charge on any atom is -0.418 e. The molecule has 0 amide bonds. The summed E-state index contributed by atoms with van der Waals surface area (Å²) in [6.07, 6.45) is 7.09. The number of benzene rings is 1. The van der Waals surface area contributed by atoms with Crippen LogP contribution >= 0.6 is 0 Å². The Labute approximate surface area is 132 Å². The minimum atomic E-state index is -0.382. The molecule has 0 saturated carbocycles. The summed E-state index contributed by atoms with van der Waals surface area (Å²) in [4.78, 5) is 8.64. The van der Waals surface area contributed by atoms with Crippen molar-refractivity contribution in [3.8, 4) is 11.6 Å². The molecule has 0 spiro atoms. The van der Waals surface area contributed by atoms with Gasteiger partial charge >= 0.3 is 0 Å². The molecule has 0 N–H and O–H groups in total. The van der Waals surface area contributed by atoms with E-state index in [-0.39, 0.29) is 5.41 Å². The van der Waals surface area contributed by atoms with Crippen molar-refractivity contribution in [2.75, 3.05) is 0 Å².